The van der Waals surface area contributed by atoms with Crippen molar-refractivity contribution in [2.75, 3.05) is 18.1 Å². The maximum atomic E-state index is 11.7. The molecule has 4 N–H and O–H groups in total. The molecule has 4 nitrogen and oxygen atoms in total. The number of nitrogens with two attached hydrogens (primary N) is 1. The largest absolute Gasteiger partial charge is 0.399 e. The molecule has 0 radical (unpaired) electrons. The number of carbonyl (C=O) groups excluding carboxylic acids is 1. The number of anilines is 2. The average Bonchev–Trinajstić information content (AvgIpc) is 2.35. The Hall–Kier alpha value is -1.71. The van der Waals surface area contributed by atoms with Gasteiger partial charge in [0.05, 0.1) is 5.56 Å². The molecule has 1 amide bonds. The molecular weight excluding hydrogens is 226 g/mol. The standard InChI is InChI=1S/C14H23N3O/c1-4-5-6-10(2)17-13-9-11(15)7-8-12(13)14(18)16-3/h7-10,17H,4-6,15H2,1-3H3,(H,16,18). The maximum Gasteiger partial charge on any atom is 0.253 e. The Morgan fingerprint density at radius 3 is 2.78 bits per heavy atom. The molecule has 4 heteroatoms. The Morgan fingerprint density at radius 1 is 1.44 bits per heavy atom. The summed E-state index contributed by atoms with van der Waals surface area (Å²) in [4.78, 5) is 11.7. The summed E-state index contributed by atoms with van der Waals surface area (Å²) in [6.45, 7) is 4.29. The Morgan fingerprint density at radius 2 is 2.17 bits per heavy atom. The van der Waals surface area contributed by atoms with Gasteiger partial charge < -0.3 is 16.4 Å². The first-order chi connectivity index (χ1) is 8.58. The van der Waals surface area contributed by atoms with Gasteiger partial charge >= 0.3 is 0 Å². The van der Waals surface area contributed by atoms with Gasteiger partial charge in [-0.05, 0) is 31.5 Å². The number of hydrogen-bond donors (Lipinski definition) is 3. The van der Waals surface area contributed by atoms with E-state index in [9.17, 15) is 4.79 Å². The lowest BCUT2D eigenvalue weighted by Crippen LogP contribution is -2.22. The number of benzene rings is 1. The van der Waals surface area contributed by atoms with Gasteiger partial charge in [-0.15, -0.1) is 0 Å². The first-order valence-corrected chi connectivity index (χ1v) is 6.46. The van der Waals surface area contributed by atoms with Crippen LogP contribution in [0.2, 0.25) is 0 Å². The van der Waals surface area contributed by atoms with E-state index in [4.69, 9.17) is 5.73 Å². The lowest BCUT2D eigenvalue weighted by Gasteiger charge is -2.18. The quantitative estimate of drug-likeness (QED) is 0.679. The lowest BCUT2D eigenvalue weighted by molar-refractivity contribution is 0.0964. The van der Waals surface area contributed by atoms with Gasteiger partial charge in [0.25, 0.3) is 5.91 Å². The summed E-state index contributed by atoms with van der Waals surface area (Å²) in [5.74, 6) is -0.0970. The van der Waals surface area contributed by atoms with Crippen molar-refractivity contribution in [3.8, 4) is 0 Å². The summed E-state index contributed by atoms with van der Waals surface area (Å²) in [5.41, 5.74) is 7.87. The average molecular weight is 249 g/mol. The van der Waals surface area contributed by atoms with Crippen molar-refractivity contribution in [1.29, 1.82) is 0 Å². The molecule has 1 atom stereocenters. The Balaban J connectivity index is 2.85. The second kappa shape index (κ2) is 6.89. The van der Waals surface area contributed by atoms with E-state index in [0.29, 0.717) is 17.3 Å². The summed E-state index contributed by atoms with van der Waals surface area (Å²) < 4.78 is 0. The number of amides is 1. The molecule has 1 aromatic rings. The third-order valence-electron chi connectivity index (χ3n) is 2.91. The van der Waals surface area contributed by atoms with Crippen LogP contribution in [0.3, 0.4) is 0 Å². The molecule has 100 valence electrons. The molecule has 0 aliphatic heterocycles. The van der Waals surface area contributed by atoms with Gasteiger partial charge in [-0.1, -0.05) is 19.8 Å². The van der Waals surface area contributed by atoms with E-state index in [2.05, 4.69) is 24.5 Å². The van der Waals surface area contributed by atoms with E-state index in [1.165, 1.54) is 12.8 Å². The van der Waals surface area contributed by atoms with E-state index >= 15 is 0 Å². The van der Waals surface area contributed by atoms with Crippen LogP contribution in [0, 0.1) is 0 Å². The summed E-state index contributed by atoms with van der Waals surface area (Å²) in [6, 6.07) is 5.64. The first-order valence-electron chi connectivity index (χ1n) is 6.46. The fourth-order valence-electron chi connectivity index (χ4n) is 1.86. The maximum absolute atomic E-state index is 11.7. The second-order valence-electron chi connectivity index (χ2n) is 4.57. The van der Waals surface area contributed by atoms with Gasteiger partial charge in [-0.2, -0.15) is 0 Å². The third-order valence-corrected chi connectivity index (χ3v) is 2.91. The number of unbranched alkanes of at least 4 members (excludes halogenated alkanes) is 1. The molecule has 18 heavy (non-hydrogen) atoms. The summed E-state index contributed by atoms with van der Waals surface area (Å²) in [7, 11) is 1.63. The fraction of sp³-hybridized carbons (Fsp3) is 0.500. The molecule has 0 aliphatic rings. The number of carbonyl (C=O) groups is 1. The van der Waals surface area contributed by atoms with Crippen molar-refractivity contribution in [2.24, 2.45) is 0 Å². The number of rotatable bonds is 6. The van der Waals surface area contributed by atoms with Crippen molar-refractivity contribution in [3.05, 3.63) is 23.8 Å². The molecule has 0 saturated heterocycles. The zero-order valence-electron chi connectivity index (χ0n) is 11.4. The minimum Gasteiger partial charge on any atom is -0.399 e. The van der Waals surface area contributed by atoms with Gasteiger partial charge in [0.2, 0.25) is 0 Å². The second-order valence-corrected chi connectivity index (χ2v) is 4.57. The molecule has 0 bridgehead atoms. The summed E-state index contributed by atoms with van der Waals surface area (Å²) in [5, 5.41) is 6.00. The first kappa shape index (κ1) is 14.4. The van der Waals surface area contributed by atoms with Crippen LogP contribution in [0.5, 0.6) is 0 Å². The van der Waals surface area contributed by atoms with E-state index in [-0.39, 0.29) is 5.91 Å². The van der Waals surface area contributed by atoms with E-state index in [1.54, 1.807) is 19.2 Å². The van der Waals surface area contributed by atoms with E-state index < -0.39 is 0 Å². The van der Waals surface area contributed by atoms with Gasteiger partial charge in [-0.3, -0.25) is 4.79 Å². The predicted octanol–water partition coefficient (Wildman–Crippen LogP) is 2.62. The Bertz CT molecular complexity index is 404. The van der Waals surface area contributed by atoms with Gasteiger partial charge in [0, 0.05) is 24.5 Å². The highest BCUT2D eigenvalue weighted by molar-refractivity contribution is 6.00. The molecular formula is C14H23N3O. The Labute approximate surface area is 109 Å². The van der Waals surface area contributed by atoms with Crippen molar-refractivity contribution in [3.63, 3.8) is 0 Å². The highest BCUT2D eigenvalue weighted by Crippen LogP contribution is 2.21. The van der Waals surface area contributed by atoms with Gasteiger partial charge in [0.15, 0.2) is 0 Å². The molecule has 1 rings (SSSR count). The summed E-state index contributed by atoms with van der Waals surface area (Å²) in [6.07, 6.45) is 3.43. The number of hydrogen-bond acceptors (Lipinski definition) is 3. The minimum atomic E-state index is -0.0970. The fourth-order valence-corrected chi connectivity index (χ4v) is 1.86. The number of nitrogens with one attached hydrogen (secondary N) is 2. The molecule has 0 fully saturated rings. The van der Waals surface area contributed by atoms with Crippen molar-refractivity contribution in [1.82, 2.24) is 5.32 Å². The van der Waals surface area contributed by atoms with Crippen LogP contribution in [0.25, 0.3) is 0 Å². The molecule has 0 heterocycles. The number of nitrogen functional groups attached to an aromatic ring is 1. The van der Waals surface area contributed by atoms with Crippen LogP contribution in [-0.4, -0.2) is 19.0 Å². The summed E-state index contributed by atoms with van der Waals surface area (Å²) >= 11 is 0. The monoisotopic (exact) mass is 249 g/mol. The molecule has 0 saturated carbocycles. The van der Waals surface area contributed by atoms with Gasteiger partial charge in [0.1, 0.15) is 0 Å². The topological polar surface area (TPSA) is 67.1 Å². The smallest absolute Gasteiger partial charge is 0.253 e. The van der Waals surface area contributed by atoms with Crippen LogP contribution in [-0.2, 0) is 0 Å². The lowest BCUT2D eigenvalue weighted by atomic mass is 10.1. The molecule has 0 aliphatic carbocycles. The minimum absolute atomic E-state index is 0.0970. The zero-order chi connectivity index (χ0) is 13.5. The van der Waals surface area contributed by atoms with E-state index in [0.717, 1.165) is 12.1 Å². The Kier molecular flexibility index (Phi) is 5.49. The third kappa shape index (κ3) is 3.95. The highest BCUT2D eigenvalue weighted by atomic mass is 16.1. The van der Waals surface area contributed by atoms with Crippen LogP contribution >= 0.6 is 0 Å². The zero-order valence-corrected chi connectivity index (χ0v) is 11.4. The van der Waals surface area contributed by atoms with Crippen LogP contribution in [0.1, 0.15) is 43.5 Å². The molecule has 1 aromatic carbocycles. The van der Waals surface area contributed by atoms with E-state index in [1.807, 2.05) is 6.07 Å². The van der Waals surface area contributed by atoms with Crippen molar-refractivity contribution in [2.45, 2.75) is 39.2 Å². The van der Waals surface area contributed by atoms with Crippen molar-refractivity contribution >= 4 is 17.3 Å². The highest BCUT2D eigenvalue weighted by Gasteiger charge is 2.12. The van der Waals surface area contributed by atoms with Crippen LogP contribution in [0.4, 0.5) is 11.4 Å². The normalized spacial score (nSPS) is 11.9. The van der Waals surface area contributed by atoms with Crippen LogP contribution < -0.4 is 16.4 Å². The van der Waals surface area contributed by atoms with Crippen LogP contribution in [0.15, 0.2) is 18.2 Å². The van der Waals surface area contributed by atoms with Gasteiger partial charge in [-0.25, -0.2) is 0 Å². The molecule has 0 aromatic heterocycles. The molecule has 1 unspecified atom stereocenters. The molecule has 0 spiro atoms. The SMILES string of the molecule is CCCCC(C)Nc1cc(N)ccc1C(=O)NC. The predicted molar refractivity (Wildman–Crippen MR) is 76.9 cm³/mol. The van der Waals surface area contributed by atoms with Crippen molar-refractivity contribution < 1.29 is 4.79 Å².